The van der Waals surface area contributed by atoms with E-state index in [4.69, 9.17) is 4.42 Å². The number of benzene rings is 1. The number of fused-ring (bicyclic) bond motifs is 1. The average molecular weight is 371 g/mol. The number of hydrogen-bond acceptors (Lipinski definition) is 6. The molecule has 1 aliphatic carbocycles. The fourth-order valence-corrected chi connectivity index (χ4v) is 4.11. The number of carbonyl (C=O) groups is 2. The topological polar surface area (TPSA) is 107 Å². The van der Waals surface area contributed by atoms with Crippen LogP contribution in [0.3, 0.4) is 0 Å². The van der Waals surface area contributed by atoms with Gasteiger partial charge in [0.1, 0.15) is 5.76 Å². The lowest BCUT2D eigenvalue weighted by Crippen LogP contribution is -2.41. The van der Waals surface area contributed by atoms with Gasteiger partial charge in [-0.05, 0) is 30.0 Å². The molecule has 3 unspecified atom stereocenters. The van der Waals surface area contributed by atoms with Crippen molar-refractivity contribution in [2.24, 2.45) is 5.92 Å². The van der Waals surface area contributed by atoms with Crippen molar-refractivity contribution < 1.29 is 24.2 Å². The van der Waals surface area contributed by atoms with Gasteiger partial charge in [-0.2, -0.15) is 0 Å². The van der Waals surface area contributed by atoms with Crippen LogP contribution in [0.4, 0.5) is 0 Å². The largest absolute Gasteiger partial charge is 0.504 e. The first-order valence-corrected chi connectivity index (χ1v) is 8.82. The van der Waals surface area contributed by atoms with Gasteiger partial charge in [0.05, 0.1) is 6.42 Å². The van der Waals surface area contributed by atoms with Crippen LogP contribution in [-0.4, -0.2) is 63.5 Å². The van der Waals surface area contributed by atoms with Gasteiger partial charge in [-0.25, -0.2) is 4.98 Å². The molecule has 0 radical (unpaired) electrons. The Bertz CT molecular complexity index is 907. The Morgan fingerprint density at radius 2 is 2.07 bits per heavy atom. The molecule has 2 aromatic rings. The number of aromatic hydroxyl groups is 2. The minimum Gasteiger partial charge on any atom is -0.504 e. The molecule has 27 heavy (non-hydrogen) atoms. The summed E-state index contributed by atoms with van der Waals surface area (Å²) in [5.74, 6) is 0.109. The normalized spacial score (nSPS) is 23.2. The molecule has 1 aromatic heterocycles. The molecule has 5 rings (SSSR count). The van der Waals surface area contributed by atoms with Crippen LogP contribution in [0.1, 0.15) is 34.2 Å². The van der Waals surface area contributed by atoms with Crippen molar-refractivity contribution >= 4 is 11.8 Å². The van der Waals surface area contributed by atoms with Gasteiger partial charge >= 0.3 is 0 Å². The first kappa shape index (κ1) is 17.4. The zero-order valence-corrected chi connectivity index (χ0v) is 15.1. The molecule has 3 fully saturated rings. The number of rotatable bonds is 4. The van der Waals surface area contributed by atoms with E-state index in [1.807, 2.05) is 4.90 Å². The van der Waals surface area contributed by atoms with Crippen LogP contribution in [0.15, 0.2) is 29.0 Å². The number of amides is 2. The molecule has 3 heterocycles. The predicted molar refractivity (Wildman–Crippen MR) is 94.3 cm³/mol. The van der Waals surface area contributed by atoms with Gasteiger partial charge in [0.2, 0.25) is 5.91 Å². The van der Waals surface area contributed by atoms with Crippen LogP contribution in [0.25, 0.3) is 0 Å². The summed E-state index contributed by atoms with van der Waals surface area (Å²) in [5.41, 5.74) is 0.955. The molecular formula is C19H21N3O5. The van der Waals surface area contributed by atoms with Gasteiger partial charge in [0.15, 0.2) is 23.6 Å². The third-order valence-corrected chi connectivity index (χ3v) is 5.52. The fourth-order valence-electron chi connectivity index (χ4n) is 4.11. The quantitative estimate of drug-likeness (QED) is 0.786. The minimum atomic E-state index is -0.239. The molecule has 2 N–H and O–H groups in total. The van der Waals surface area contributed by atoms with Crippen LogP contribution >= 0.6 is 0 Å². The number of hydrogen-bond donors (Lipinski definition) is 2. The van der Waals surface area contributed by atoms with E-state index in [1.165, 1.54) is 23.4 Å². The standard InChI is InChI=1S/C19H21N3O5/c1-21(2)19(26)17-18(27-9-20-17)16-11-7-12(16)22(8-11)15(25)6-10-3-4-13(23)14(24)5-10/h3-5,9,11-12,16,23-24H,6-8H2,1-2H3. The molecule has 3 atom stereocenters. The van der Waals surface area contributed by atoms with Crippen molar-refractivity contribution in [3.8, 4) is 11.5 Å². The molecule has 8 nitrogen and oxygen atoms in total. The smallest absolute Gasteiger partial charge is 0.275 e. The number of oxazole rings is 1. The fraction of sp³-hybridized carbons (Fsp3) is 0.421. The van der Waals surface area contributed by atoms with Crippen LogP contribution in [-0.2, 0) is 11.2 Å². The summed E-state index contributed by atoms with van der Waals surface area (Å²) in [4.78, 5) is 32.4. The predicted octanol–water partition coefficient (Wildman–Crippen LogP) is 1.34. The summed E-state index contributed by atoms with van der Waals surface area (Å²) in [6.07, 6.45) is 2.31. The molecule has 142 valence electrons. The third kappa shape index (κ3) is 2.81. The molecule has 1 saturated carbocycles. The van der Waals surface area contributed by atoms with E-state index >= 15 is 0 Å². The van der Waals surface area contributed by atoms with Gasteiger partial charge in [0, 0.05) is 32.6 Å². The summed E-state index contributed by atoms with van der Waals surface area (Å²) in [7, 11) is 3.33. The van der Waals surface area contributed by atoms with E-state index in [-0.39, 0.29) is 47.6 Å². The monoisotopic (exact) mass is 371 g/mol. The first-order chi connectivity index (χ1) is 12.9. The van der Waals surface area contributed by atoms with Gasteiger partial charge in [-0.1, -0.05) is 6.07 Å². The highest BCUT2D eigenvalue weighted by atomic mass is 16.3. The maximum absolute atomic E-state index is 12.8. The Kier molecular flexibility index (Phi) is 4.05. The molecule has 2 bridgehead atoms. The van der Waals surface area contributed by atoms with Crippen molar-refractivity contribution in [2.45, 2.75) is 24.8 Å². The van der Waals surface area contributed by atoms with Gasteiger partial charge in [-0.3, -0.25) is 9.59 Å². The molecular weight excluding hydrogens is 350 g/mol. The van der Waals surface area contributed by atoms with E-state index < -0.39 is 0 Å². The molecule has 2 amide bonds. The second-order valence-electron chi connectivity index (χ2n) is 7.40. The van der Waals surface area contributed by atoms with Crippen LogP contribution in [0, 0.1) is 5.92 Å². The first-order valence-electron chi connectivity index (χ1n) is 8.82. The molecule has 3 aliphatic rings. The third-order valence-electron chi connectivity index (χ3n) is 5.52. The average Bonchev–Trinajstić information content (AvgIpc) is 3.32. The maximum Gasteiger partial charge on any atom is 0.275 e. The highest BCUT2D eigenvalue weighted by Gasteiger charge is 2.56. The summed E-state index contributed by atoms with van der Waals surface area (Å²) in [6.45, 7) is 0.620. The Hall–Kier alpha value is -3.03. The SMILES string of the molecule is CN(C)C(=O)c1ncoc1C1C2CC1N(C(=O)Cc1ccc(O)c(O)c1)C2. The van der Waals surface area contributed by atoms with Crippen molar-refractivity contribution in [3.05, 3.63) is 41.6 Å². The highest BCUT2D eigenvalue weighted by Crippen LogP contribution is 2.53. The van der Waals surface area contributed by atoms with Crippen molar-refractivity contribution in [1.29, 1.82) is 0 Å². The molecule has 2 aliphatic heterocycles. The Morgan fingerprint density at radius 1 is 1.30 bits per heavy atom. The van der Waals surface area contributed by atoms with Crippen LogP contribution in [0.2, 0.25) is 0 Å². The number of phenols is 2. The summed E-state index contributed by atoms with van der Waals surface area (Å²) in [5, 5.41) is 19.0. The second kappa shape index (κ2) is 6.29. The van der Waals surface area contributed by atoms with Crippen LogP contribution in [0.5, 0.6) is 11.5 Å². The second-order valence-corrected chi connectivity index (χ2v) is 7.40. The Balaban J connectivity index is 1.50. The van der Waals surface area contributed by atoms with Crippen LogP contribution < -0.4 is 0 Å². The lowest BCUT2D eigenvalue weighted by Gasteiger charge is -2.35. The lowest BCUT2D eigenvalue weighted by molar-refractivity contribution is -0.130. The summed E-state index contributed by atoms with van der Waals surface area (Å²) >= 11 is 0. The van der Waals surface area contributed by atoms with Gasteiger partial charge in [0.25, 0.3) is 5.91 Å². The number of phenolic OH excluding ortho intramolecular Hbond substituents is 2. The van der Waals surface area contributed by atoms with Crippen molar-refractivity contribution in [3.63, 3.8) is 0 Å². The highest BCUT2D eigenvalue weighted by molar-refractivity contribution is 5.93. The minimum absolute atomic E-state index is 0.00475. The lowest BCUT2D eigenvalue weighted by atomic mass is 9.72. The van der Waals surface area contributed by atoms with Crippen molar-refractivity contribution in [1.82, 2.24) is 14.8 Å². The molecule has 2 saturated heterocycles. The van der Waals surface area contributed by atoms with E-state index in [1.54, 1.807) is 20.2 Å². The van der Waals surface area contributed by atoms with E-state index in [9.17, 15) is 19.8 Å². The Morgan fingerprint density at radius 3 is 2.78 bits per heavy atom. The molecule has 1 aromatic carbocycles. The Labute approximate surface area is 156 Å². The summed E-state index contributed by atoms with van der Waals surface area (Å²) in [6, 6.07) is 4.39. The number of nitrogens with zero attached hydrogens (tertiary/aromatic N) is 3. The number of aromatic nitrogens is 1. The summed E-state index contributed by atoms with van der Waals surface area (Å²) < 4.78 is 5.54. The zero-order chi connectivity index (χ0) is 19.3. The molecule has 0 spiro atoms. The van der Waals surface area contributed by atoms with Gasteiger partial charge < -0.3 is 24.4 Å². The van der Waals surface area contributed by atoms with Crippen molar-refractivity contribution in [2.75, 3.05) is 20.6 Å². The molecule has 8 heteroatoms. The van der Waals surface area contributed by atoms with E-state index in [0.717, 1.165) is 6.42 Å². The van der Waals surface area contributed by atoms with E-state index in [0.29, 0.717) is 23.6 Å². The maximum atomic E-state index is 12.8. The number of carbonyl (C=O) groups excluding carboxylic acids is 2. The zero-order valence-electron chi connectivity index (χ0n) is 15.1. The van der Waals surface area contributed by atoms with Gasteiger partial charge in [-0.15, -0.1) is 0 Å². The van der Waals surface area contributed by atoms with E-state index in [2.05, 4.69) is 4.98 Å².